The number of benzene rings is 2. The van der Waals surface area contributed by atoms with E-state index in [4.69, 9.17) is 30.5 Å². The second-order valence-electron chi connectivity index (χ2n) is 7.59. The average Bonchev–Trinajstić information content (AvgIpc) is 2.82. The fourth-order valence-corrected chi connectivity index (χ4v) is 5.58. The van der Waals surface area contributed by atoms with Crippen LogP contribution < -0.4 is 14.2 Å². The van der Waals surface area contributed by atoms with Gasteiger partial charge in [-0.05, 0) is 54.8 Å². The lowest BCUT2D eigenvalue weighted by molar-refractivity contribution is -0.151. The Kier molecular flexibility index (Phi) is 6.78. The Morgan fingerprint density at radius 3 is 2.69 bits per heavy atom. The van der Waals surface area contributed by atoms with Crippen LogP contribution in [0.3, 0.4) is 0 Å². The summed E-state index contributed by atoms with van der Waals surface area (Å²) in [7, 11) is -2.20. The van der Waals surface area contributed by atoms with Gasteiger partial charge in [0, 0.05) is 13.1 Å². The van der Waals surface area contributed by atoms with Crippen molar-refractivity contribution in [3.8, 4) is 17.2 Å². The zero-order valence-electron chi connectivity index (χ0n) is 17.6. The molecule has 2 aromatic rings. The smallest absolute Gasteiger partial charge is 0.310 e. The third-order valence-corrected chi connectivity index (χ3v) is 7.61. The van der Waals surface area contributed by atoms with Crippen LogP contribution in [0.4, 0.5) is 0 Å². The molecule has 4 rings (SSSR count). The van der Waals surface area contributed by atoms with Crippen molar-refractivity contribution in [1.82, 2.24) is 4.31 Å². The van der Waals surface area contributed by atoms with Crippen molar-refractivity contribution in [3.05, 3.63) is 47.0 Å². The second kappa shape index (κ2) is 9.56. The fraction of sp³-hybridized carbons (Fsp3) is 0.409. The summed E-state index contributed by atoms with van der Waals surface area (Å²) in [6, 6.07) is 9.60. The van der Waals surface area contributed by atoms with Gasteiger partial charge >= 0.3 is 5.97 Å². The van der Waals surface area contributed by atoms with Crippen LogP contribution in [0.5, 0.6) is 17.2 Å². The van der Waals surface area contributed by atoms with E-state index in [0.29, 0.717) is 60.4 Å². The molecule has 0 saturated carbocycles. The molecule has 0 aromatic heterocycles. The molecule has 8 nitrogen and oxygen atoms in total. The summed E-state index contributed by atoms with van der Waals surface area (Å²) in [5, 5.41) is 0.391. The highest BCUT2D eigenvalue weighted by atomic mass is 35.5. The Balaban J connectivity index is 1.40. The monoisotopic (exact) mass is 481 g/mol. The Labute approximate surface area is 192 Å². The minimum atomic E-state index is -3.71. The SMILES string of the molecule is COc1ccc(S(=O)(=O)N2CCCC(C(=O)OCc3cc(Cl)c4c(c3)OCCO4)C2)cc1. The van der Waals surface area contributed by atoms with Crippen LogP contribution in [0.25, 0.3) is 0 Å². The average molecular weight is 482 g/mol. The minimum absolute atomic E-state index is 0.0108. The van der Waals surface area contributed by atoms with E-state index in [1.807, 2.05) is 0 Å². The van der Waals surface area contributed by atoms with Gasteiger partial charge in [0.2, 0.25) is 10.0 Å². The quantitative estimate of drug-likeness (QED) is 0.585. The summed E-state index contributed by atoms with van der Waals surface area (Å²) >= 11 is 6.23. The van der Waals surface area contributed by atoms with Crippen LogP contribution in [-0.2, 0) is 26.2 Å². The molecule has 0 bridgehead atoms. The largest absolute Gasteiger partial charge is 0.497 e. The highest BCUT2D eigenvalue weighted by Crippen LogP contribution is 2.38. The van der Waals surface area contributed by atoms with Crippen LogP contribution in [0.1, 0.15) is 18.4 Å². The molecule has 1 fully saturated rings. The van der Waals surface area contributed by atoms with Crippen molar-refractivity contribution < 1.29 is 32.2 Å². The maximum absolute atomic E-state index is 13.0. The Morgan fingerprint density at radius 1 is 1.19 bits per heavy atom. The first-order valence-electron chi connectivity index (χ1n) is 10.3. The van der Waals surface area contributed by atoms with E-state index in [2.05, 4.69) is 0 Å². The lowest BCUT2D eigenvalue weighted by Gasteiger charge is -2.30. The number of hydrogen-bond acceptors (Lipinski definition) is 7. The first kappa shape index (κ1) is 22.7. The number of carbonyl (C=O) groups is 1. The van der Waals surface area contributed by atoms with Gasteiger partial charge in [-0.2, -0.15) is 4.31 Å². The highest BCUT2D eigenvalue weighted by Gasteiger charge is 2.34. The van der Waals surface area contributed by atoms with Gasteiger partial charge in [-0.1, -0.05) is 11.6 Å². The molecular weight excluding hydrogens is 458 g/mol. The zero-order valence-corrected chi connectivity index (χ0v) is 19.2. The van der Waals surface area contributed by atoms with Gasteiger partial charge in [0.25, 0.3) is 0 Å². The predicted octanol–water partition coefficient (Wildman–Crippen LogP) is 3.26. The van der Waals surface area contributed by atoms with Crippen LogP contribution in [-0.4, -0.2) is 52.1 Å². The van der Waals surface area contributed by atoms with E-state index in [9.17, 15) is 13.2 Å². The molecule has 2 aliphatic rings. The number of halogens is 1. The van der Waals surface area contributed by atoms with Crippen molar-refractivity contribution >= 4 is 27.6 Å². The molecule has 2 heterocycles. The van der Waals surface area contributed by atoms with Gasteiger partial charge in [-0.15, -0.1) is 0 Å². The van der Waals surface area contributed by atoms with Gasteiger partial charge in [0.05, 0.1) is 22.9 Å². The highest BCUT2D eigenvalue weighted by molar-refractivity contribution is 7.89. The molecule has 2 aromatic carbocycles. The van der Waals surface area contributed by atoms with Crippen LogP contribution >= 0.6 is 11.6 Å². The second-order valence-corrected chi connectivity index (χ2v) is 9.93. The Morgan fingerprint density at radius 2 is 1.94 bits per heavy atom. The summed E-state index contributed by atoms with van der Waals surface area (Å²) < 4.78 is 48.9. The Bertz CT molecular complexity index is 1090. The van der Waals surface area contributed by atoms with E-state index in [1.165, 1.54) is 23.5 Å². The van der Waals surface area contributed by atoms with Gasteiger partial charge in [0.15, 0.2) is 11.5 Å². The summed E-state index contributed by atoms with van der Waals surface area (Å²) in [6.45, 7) is 1.30. The molecule has 0 amide bonds. The number of ether oxygens (including phenoxy) is 4. The molecule has 172 valence electrons. The molecule has 1 unspecified atom stereocenters. The lowest BCUT2D eigenvalue weighted by atomic mass is 10.00. The number of piperidine rings is 1. The van der Waals surface area contributed by atoms with Gasteiger partial charge in [-0.3, -0.25) is 4.79 Å². The zero-order chi connectivity index (χ0) is 22.7. The van der Waals surface area contributed by atoms with E-state index < -0.39 is 21.9 Å². The molecule has 2 aliphatic heterocycles. The molecule has 0 N–H and O–H groups in total. The first-order valence-corrected chi connectivity index (χ1v) is 12.1. The summed E-state index contributed by atoms with van der Waals surface area (Å²) in [4.78, 5) is 12.9. The molecule has 1 atom stereocenters. The molecule has 0 radical (unpaired) electrons. The normalized spacial score (nSPS) is 18.8. The predicted molar refractivity (Wildman–Crippen MR) is 117 cm³/mol. The Hall–Kier alpha value is -2.49. The van der Waals surface area contributed by atoms with Crippen molar-refractivity contribution in [2.45, 2.75) is 24.3 Å². The standard InChI is InChI=1S/C22H24ClNO7S/c1-28-17-4-6-18(7-5-17)32(26,27)24-8-2-3-16(13-24)22(25)31-14-15-11-19(23)21-20(12-15)29-9-10-30-21/h4-7,11-12,16H,2-3,8-10,13-14H2,1H3. The first-order chi connectivity index (χ1) is 15.4. The van der Waals surface area contributed by atoms with Crippen molar-refractivity contribution in [2.24, 2.45) is 5.92 Å². The molecule has 1 saturated heterocycles. The third-order valence-electron chi connectivity index (χ3n) is 5.45. The molecular formula is C22H24ClNO7S. The molecule has 32 heavy (non-hydrogen) atoms. The third kappa shape index (κ3) is 4.79. The van der Waals surface area contributed by atoms with Crippen LogP contribution in [0.2, 0.25) is 5.02 Å². The van der Waals surface area contributed by atoms with Crippen LogP contribution in [0, 0.1) is 5.92 Å². The fourth-order valence-electron chi connectivity index (χ4n) is 3.77. The topological polar surface area (TPSA) is 91.4 Å². The molecule has 0 aliphatic carbocycles. The number of rotatable bonds is 6. The summed E-state index contributed by atoms with van der Waals surface area (Å²) in [5.74, 6) is 0.599. The number of fused-ring (bicyclic) bond motifs is 1. The number of sulfonamides is 1. The van der Waals surface area contributed by atoms with Crippen molar-refractivity contribution in [1.29, 1.82) is 0 Å². The summed E-state index contributed by atoms with van der Waals surface area (Å²) in [6.07, 6.45) is 1.14. The van der Waals surface area contributed by atoms with Crippen LogP contribution in [0.15, 0.2) is 41.3 Å². The maximum atomic E-state index is 13.0. The maximum Gasteiger partial charge on any atom is 0.310 e. The van der Waals surface area contributed by atoms with Gasteiger partial charge in [0.1, 0.15) is 25.6 Å². The molecule has 10 heteroatoms. The summed E-state index contributed by atoms with van der Waals surface area (Å²) in [5.41, 5.74) is 0.672. The van der Waals surface area contributed by atoms with E-state index in [-0.39, 0.29) is 18.0 Å². The van der Waals surface area contributed by atoms with Crippen molar-refractivity contribution in [2.75, 3.05) is 33.4 Å². The number of hydrogen-bond donors (Lipinski definition) is 0. The molecule has 0 spiro atoms. The number of methoxy groups -OCH3 is 1. The van der Waals surface area contributed by atoms with E-state index in [0.717, 1.165) is 0 Å². The number of carbonyl (C=O) groups excluding carboxylic acids is 1. The van der Waals surface area contributed by atoms with Crippen molar-refractivity contribution in [3.63, 3.8) is 0 Å². The van der Waals surface area contributed by atoms with Gasteiger partial charge < -0.3 is 18.9 Å². The minimum Gasteiger partial charge on any atom is -0.497 e. The van der Waals surface area contributed by atoms with E-state index >= 15 is 0 Å². The van der Waals surface area contributed by atoms with Gasteiger partial charge in [-0.25, -0.2) is 8.42 Å². The number of esters is 1. The number of nitrogens with zero attached hydrogens (tertiary/aromatic N) is 1. The van der Waals surface area contributed by atoms with E-state index in [1.54, 1.807) is 24.3 Å². The lowest BCUT2D eigenvalue weighted by Crippen LogP contribution is -2.42.